The molecule has 0 spiro atoms. The molecule has 0 radical (unpaired) electrons. The average molecular weight is 344 g/mol. The minimum absolute atomic E-state index is 0.0498. The molecule has 2 aromatic heterocycles. The van der Waals surface area contributed by atoms with Crippen LogP contribution in [0.5, 0.6) is 5.75 Å². The number of likely N-dealkylation sites (tertiary alicyclic amines) is 1. The van der Waals surface area contributed by atoms with Crippen LogP contribution in [0.15, 0.2) is 42.0 Å². The van der Waals surface area contributed by atoms with Crippen molar-refractivity contribution in [2.24, 2.45) is 0 Å². The second-order valence-corrected chi connectivity index (χ2v) is 7.22. The molecule has 6 heteroatoms. The number of pyridine rings is 1. The van der Waals surface area contributed by atoms with Gasteiger partial charge in [-0.2, -0.15) is 0 Å². The number of ether oxygens (including phenoxy) is 2. The van der Waals surface area contributed by atoms with Crippen LogP contribution in [0.4, 0.5) is 0 Å². The van der Waals surface area contributed by atoms with Gasteiger partial charge in [0.2, 0.25) is 5.91 Å². The number of aromatic nitrogens is 1. The molecule has 0 aromatic carbocycles. The van der Waals surface area contributed by atoms with E-state index in [2.05, 4.69) is 4.98 Å². The standard InChI is InChI=1S/C18H20N2O3S/c21-17(10-14-5-3-9-24-14)20-12-16(18-15(20)6-2-8-22-18)23-13-4-1-7-19-11-13/h1,3-5,7,9,11,15-16,18H,2,6,8,10,12H2/t15-,16+,18+/m0/s1. The molecule has 126 valence electrons. The van der Waals surface area contributed by atoms with E-state index in [0.29, 0.717) is 13.0 Å². The van der Waals surface area contributed by atoms with Gasteiger partial charge in [-0.25, -0.2) is 0 Å². The summed E-state index contributed by atoms with van der Waals surface area (Å²) in [7, 11) is 0. The predicted molar refractivity (Wildman–Crippen MR) is 91.2 cm³/mol. The monoisotopic (exact) mass is 344 g/mol. The van der Waals surface area contributed by atoms with Gasteiger partial charge in [-0.3, -0.25) is 9.78 Å². The summed E-state index contributed by atoms with van der Waals surface area (Å²) < 4.78 is 12.0. The van der Waals surface area contributed by atoms with Crippen molar-refractivity contribution in [1.82, 2.24) is 9.88 Å². The lowest BCUT2D eigenvalue weighted by atomic mass is 10.0. The number of rotatable bonds is 4. The van der Waals surface area contributed by atoms with Crippen molar-refractivity contribution in [3.8, 4) is 5.75 Å². The lowest BCUT2D eigenvalue weighted by Gasteiger charge is -2.32. The van der Waals surface area contributed by atoms with E-state index >= 15 is 0 Å². The highest BCUT2D eigenvalue weighted by atomic mass is 32.1. The summed E-state index contributed by atoms with van der Waals surface area (Å²) in [5.74, 6) is 0.887. The van der Waals surface area contributed by atoms with Crippen LogP contribution in [0.1, 0.15) is 17.7 Å². The largest absolute Gasteiger partial charge is 0.484 e. The van der Waals surface area contributed by atoms with Crippen LogP contribution in [0.3, 0.4) is 0 Å². The summed E-state index contributed by atoms with van der Waals surface area (Å²) in [4.78, 5) is 19.9. The van der Waals surface area contributed by atoms with E-state index < -0.39 is 0 Å². The van der Waals surface area contributed by atoms with Gasteiger partial charge in [0.05, 0.1) is 25.2 Å². The zero-order valence-corrected chi connectivity index (χ0v) is 14.2. The fourth-order valence-corrected chi connectivity index (χ4v) is 4.25. The third-order valence-electron chi connectivity index (χ3n) is 4.62. The van der Waals surface area contributed by atoms with Crippen LogP contribution in [0.2, 0.25) is 0 Å². The Balaban J connectivity index is 1.49. The molecule has 2 aliphatic heterocycles. The molecular formula is C18H20N2O3S. The smallest absolute Gasteiger partial charge is 0.228 e. The average Bonchev–Trinajstić information content (AvgIpc) is 3.24. The molecule has 4 heterocycles. The third-order valence-corrected chi connectivity index (χ3v) is 5.50. The molecule has 4 rings (SSSR count). The topological polar surface area (TPSA) is 51.7 Å². The van der Waals surface area contributed by atoms with Gasteiger partial charge in [0.15, 0.2) is 0 Å². The molecule has 0 N–H and O–H groups in total. The Bertz CT molecular complexity index is 677. The molecule has 2 saturated heterocycles. The van der Waals surface area contributed by atoms with Crippen molar-refractivity contribution in [1.29, 1.82) is 0 Å². The molecule has 2 aliphatic rings. The maximum atomic E-state index is 12.8. The number of fused-ring (bicyclic) bond motifs is 1. The number of thiophene rings is 1. The minimum atomic E-state index is -0.133. The third kappa shape index (κ3) is 3.16. The van der Waals surface area contributed by atoms with Crippen LogP contribution in [0.25, 0.3) is 0 Å². The van der Waals surface area contributed by atoms with Gasteiger partial charge >= 0.3 is 0 Å². The molecule has 0 bridgehead atoms. The van der Waals surface area contributed by atoms with E-state index in [1.807, 2.05) is 34.5 Å². The summed E-state index contributed by atoms with van der Waals surface area (Å²) in [5.41, 5.74) is 0. The molecule has 0 saturated carbocycles. The van der Waals surface area contributed by atoms with Gasteiger partial charge in [-0.1, -0.05) is 6.07 Å². The van der Waals surface area contributed by atoms with Gasteiger partial charge < -0.3 is 14.4 Å². The molecule has 3 atom stereocenters. The second kappa shape index (κ2) is 6.91. The molecule has 24 heavy (non-hydrogen) atoms. The highest BCUT2D eigenvalue weighted by molar-refractivity contribution is 7.10. The summed E-state index contributed by atoms with van der Waals surface area (Å²) in [5, 5.41) is 2.01. The molecule has 2 aromatic rings. The lowest BCUT2D eigenvalue weighted by molar-refractivity contribution is -0.133. The zero-order valence-electron chi connectivity index (χ0n) is 13.3. The minimum Gasteiger partial charge on any atom is -0.484 e. The quantitative estimate of drug-likeness (QED) is 0.855. The van der Waals surface area contributed by atoms with Gasteiger partial charge in [-0.05, 0) is 36.4 Å². The lowest BCUT2D eigenvalue weighted by Crippen LogP contribution is -2.44. The highest BCUT2D eigenvalue weighted by Gasteiger charge is 2.47. The number of hydrogen-bond donors (Lipinski definition) is 0. The summed E-state index contributed by atoms with van der Waals surface area (Å²) in [6.07, 6.45) is 5.67. The highest BCUT2D eigenvalue weighted by Crippen LogP contribution is 2.32. The summed E-state index contributed by atoms with van der Waals surface area (Å²) >= 11 is 1.62. The van der Waals surface area contributed by atoms with E-state index in [4.69, 9.17) is 9.47 Å². The van der Waals surface area contributed by atoms with Crippen LogP contribution in [-0.2, 0) is 16.0 Å². The van der Waals surface area contributed by atoms with Crippen molar-refractivity contribution in [2.75, 3.05) is 13.2 Å². The molecule has 0 aliphatic carbocycles. The maximum Gasteiger partial charge on any atom is 0.228 e. The van der Waals surface area contributed by atoms with Gasteiger partial charge in [0.1, 0.15) is 18.0 Å². The first kappa shape index (κ1) is 15.6. The molecular weight excluding hydrogens is 324 g/mol. The first-order valence-corrected chi connectivity index (χ1v) is 9.19. The van der Waals surface area contributed by atoms with E-state index in [0.717, 1.165) is 30.1 Å². The maximum absolute atomic E-state index is 12.8. The van der Waals surface area contributed by atoms with Crippen molar-refractivity contribution in [3.63, 3.8) is 0 Å². The van der Waals surface area contributed by atoms with E-state index in [1.54, 1.807) is 23.7 Å². The van der Waals surface area contributed by atoms with Gasteiger partial charge in [0.25, 0.3) is 0 Å². The molecule has 2 fully saturated rings. The Kier molecular flexibility index (Phi) is 4.49. The van der Waals surface area contributed by atoms with Gasteiger partial charge in [-0.15, -0.1) is 11.3 Å². The fraction of sp³-hybridized carbons (Fsp3) is 0.444. The van der Waals surface area contributed by atoms with Gasteiger partial charge in [0, 0.05) is 17.7 Å². The zero-order chi connectivity index (χ0) is 16.4. The number of hydrogen-bond acceptors (Lipinski definition) is 5. The fourth-order valence-electron chi connectivity index (χ4n) is 3.56. The first-order chi connectivity index (χ1) is 11.8. The Morgan fingerprint density at radius 2 is 2.38 bits per heavy atom. The van der Waals surface area contributed by atoms with E-state index in [-0.39, 0.29) is 24.2 Å². The van der Waals surface area contributed by atoms with Crippen molar-refractivity contribution in [3.05, 3.63) is 46.9 Å². The number of nitrogens with zero attached hydrogens (tertiary/aromatic N) is 2. The Labute approximate surface area is 145 Å². The van der Waals surface area contributed by atoms with Crippen molar-refractivity contribution in [2.45, 2.75) is 37.5 Å². The Morgan fingerprint density at radius 3 is 3.17 bits per heavy atom. The van der Waals surface area contributed by atoms with Crippen LogP contribution in [0, 0.1) is 0 Å². The number of amides is 1. The van der Waals surface area contributed by atoms with Crippen LogP contribution in [-0.4, -0.2) is 47.2 Å². The SMILES string of the molecule is O=C(Cc1cccs1)N1C[C@@H](Oc2cccnc2)[C@@H]2OCCC[C@@H]21. The summed E-state index contributed by atoms with van der Waals surface area (Å²) in [6.45, 7) is 1.31. The normalized spacial score (nSPS) is 26.2. The van der Waals surface area contributed by atoms with Crippen LogP contribution >= 0.6 is 11.3 Å². The molecule has 1 amide bonds. The number of carbonyl (C=O) groups excluding carboxylic acids is 1. The van der Waals surface area contributed by atoms with E-state index in [9.17, 15) is 4.79 Å². The van der Waals surface area contributed by atoms with Crippen molar-refractivity contribution >= 4 is 17.2 Å². The Hall–Kier alpha value is -1.92. The molecule has 5 nitrogen and oxygen atoms in total. The second-order valence-electron chi connectivity index (χ2n) is 6.19. The first-order valence-electron chi connectivity index (χ1n) is 8.31. The van der Waals surface area contributed by atoms with Crippen molar-refractivity contribution < 1.29 is 14.3 Å². The van der Waals surface area contributed by atoms with E-state index in [1.165, 1.54) is 0 Å². The van der Waals surface area contributed by atoms with Crippen LogP contribution < -0.4 is 4.74 Å². The summed E-state index contributed by atoms with van der Waals surface area (Å²) in [6, 6.07) is 7.85. The number of carbonyl (C=O) groups is 1. The molecule has 0 unspecified atom stereocenters. The predicted octanol–water partition coefficient (Wildman–Crippen LogP) is 2.52. The Morgan fingerprint density at radius 1 is 1.42 bits per heavy atom.